The maximum Gasteiger partial charge on any atom is 0.289 e. The Hall–Kier alpha value is -2.70. The van der Waals surface area contributed by atoms with Crippen LogP contribution >= 0.6 is 0 Å². The molecule has 0 bridgehead atoms. The van der Waals surface area contributed by atoms with Gasteiger partial charge in [-0.25, -0.2) is 0 Å². The molecule has 7 heteroatoms. The van der Waals surface area contributed by atoms with E-state index in [1.54, 1.807) is 4.90 Å². The van der Waals surface area contributed by atoms with Gasteiger partial charge in [0.1, 0.15) is 6.04 Å². The zero-order valence-corrected chi connectivity index (χ0v) is 16.5. The number of benzene rings is 1. The molecule has 0 spiro atoms. The number of Topliss-reactive ketones (excluding diaryl/α,β-unsaturated/α-hetero) is 1. The average Bonchev–Trinajstić information content (AvgIpc) is 3.35. The third-order valence-electron chi connectivity index (χ3n) is 6.28. The fraction of sp³-hybridized carbons (Fsp3) is 0.545. The Bertz CT molecular complexity index is 798. The lowest BCUT2D eigenvalue weighted by Crippen LogP contribution is -2.63. The van der Waals surface area contributed by atoms with Gasteiger partial charge in [-0.1, -0.05) is 43.2 Å². The van der Waals surface area contributed by atoms with Gasteiger partial charge in [0, 0.05) is 32.0 Å². The molecule has 1 aliphatic carbocycles. The fourth-order valence-electron chi connectivity index (χ4n) is 4.57. The van der Waals surface area contributed by atoms with E-state index in [2.05, 4.69) is 5.32 Å². The molecule has 3 fully saturated rings. The average molecular weight is 397 g/mol. The second-order valence-corrected chi connectivity index (χ2v) is 8.32. The highest BCUT2D eigenvalue weighted by molar-refractivity contribution is 6.38. The Morgan fingerprint density at radius 1 is 1.00 bits per heavy atom. The molecule has 1 saturated carbocycles. The first-order chi connectivity index (χ1) is 14.0. The second-order valence-electron chi connectivity index (χ2n) is 8.32. The van der Waals surface area contributed by atoms with Crippen LogP contribution in [0.5, 0.6) is 0 Å². The van der Waals surface area contributed by atoms with Gasteiger partial charge >= 0.3 is 0 Å². The molecular formula is C22H27N3O4. The van der Waals surface area contributed by atoms with Crippen LogP contribution in [0.2, 0.25) is 0 Å². The first-order valence-electron chi connectivity index (χ1n) is 10.5. The Morgan fingerprint density at radius 3 is 2.38 bits per heavy atom. The number of carbonyl (C=O) groups excluding carboxylic acids is 4. The molecule has 1 aromatic carbocycles. The maximum atomic E-state index is 12.7. The number of likely N-dealkylation sites (tertiary alicyclic amines) is 2. The minimum atomic E-state index is -0.709. The lowest BCUT2D eigenvalue weighted by atomic mass is 10.0. The van der Waals surface area contributed by atoms with Crippen molar-refractivity contribution >= 4 is 23.5 Å². The zero-order valence-electron chi connectivity index (χ0n) is 16.5. The van der Waals surface area contributed by atoms with Gasteiger partial charge in [0.15, 0.2) is 0 Å². The monoisotopic (exact) mass is 397 g/mol. The molecule has 2 aliphatic heterocycles. The van der Waals surface area contributed by atoms with Crippen LogP contribution in [0.4, 0.5) is 0 Å². The molecule has 3 amide bonds. The molecule has 1 N–H and O–H groups in total. The van der Waals surface area contributed by atoms with E-state index in [0.717, 1.165) is 31.2 Å². The highest BCUT2D eigenvalue weighted by Crippen LogP contribution is 2.28. The number of ketones is 1. The van der Waals surface area contributed by atoms with Crippen molar-refractivity contribution in [2.45, 2.75) is 57.2 Å². The molecule has 3 aliphatic rings. The number of amides is 3. The summed E-state index contributed by atoms with van der Waals surface area (Å²) in [5.41, 5.74) is 0.931. The van der Waals surface area contributed by atoms with Crippen molar-refractivity contribution in [3.63, 3.8) is 0 Å². The SMILES string of the molecule is O=C(NC1CN(C(=O)C2CCCC2)C1)C(=O)[C@H]1CCC(=O)N1Cc1ccccc1. The summed E-state index contributed by atoms with van der Waals surface area (Å²) in [5, 5.41) is 2.75. The molecule has 29 heavy (non-hydrogen) atoms. The minimum Gasteiger partial charge on any atom is -0.343 e. The van der Waals surface area contributed by atoms with Crippen molar-refractivity contribution in [1.82, 2.24) is 15.1 Å². The Kier molecular flexibility index (Phi) is 5.65. The molecular weight excluding hydrogens is 370 g/mol. The first-order valence-corrected chi connectivity index (χ1v) is 10.5. The number of hydrogen-bond acceptors (Lipinski definition) is 4. The van der Waals surface area contributed by atoms with Gasteiger partial charge < -0.3 is 15.1 Å². The lowest BCUT2D eigenvalue weighted by Gasteiger charge is -2.41. The summed E-state index contributed by atoms with van der Waals surface area (Å²) in [6, 6.07) is 8.57. The van der Waals surface area contributed by atoms with Crippen LogP contribution in [0.15, 0.2) is 30.3 Å². The summed E-state index contributed by atoms with van der Waals surface area (Å²) in [5.74, 6) is -1.01. The van der Waals surface area contributed by atoms with Crippen LogP contribution in [0.3, 0.4) is 0 Å². The number of nitrogens with zero attached hydrogens (tertiary/aromatic N) is 2. The van der Waals surface area contributed by atoms with Gasteiger partial charge in [-0.05, 0) is 24.8 Å². The van der Waals surface area contributed by atoms with Gasteiger partial charge in [-0.15, -0.1) is 0 Å². The summed E-state index contributed by atoms with van der Waals surface area (Å²) in [6.07, 6.45) is 4.78. The van der Waals surface area contributed by atoms with Gasteiger partial charge in [-0.3, -0.25) is 19.2 Å². The summed E-state index contributed by atoms with van der Waals surface area (Å²) in [6.45, 7) is 1.26. The van der Waals surface area contributed by atoms with E-state index in [9.17, 15) is 19.2 Å². The van der Waals surface area contributed by atoms with Crippen LogP contribution in [-0.2, 0) is 25.7 Å². The van der Waals surface area contributed by atoms with Crippen LogP contribution in [-0.4, -0.2) is 58.5 Å². The molecule has 0 radical (unpaired) electrons. The van der Waals surface area contributed by atoms with Crippen molar-refractivity contribution in [3.8, 4) is 0 Å². The molecule has 2 saturated heterocycles. The van der Waals surface area contributed by atoms with Crippen LogP contribution in [0.25, 0.3) is 0 Å². The Labute approximate surface area is 170 Å². The third-order valence-corrected chi connectivity index (χ3v) is 6.28. The van der Waals surface area contributed by atoms with E-state index >= 15 is 0 Å². The topological polar surface area (TPSA) is 86.8 Å². The van der Waals surface area contributed by atoms with Crippen LogP contribution in [0, 0.1) is 5.92 Å². The van der Waals surface area contributed by atoms with Crippen molar-refractivity contribution in [2.24, 2.45) is 5.92 Å². The summed E-state index contributed by atoms with van der Waals surface area (Å²) < 4.78 is 0. The molecule has 0 unspecified atom stereocenters. The number of hydrogen-bond donors (Lipinski definition) is 1. The van der Waals surface area contributed by atoms with E-state index in [0.29, 0.717) is 26.1 Å². The molecule has 154 valence electrons. The van der Waals surface area contributed by atoms with E-state index in [1.165, 1.54) is 4.90 Å². The number of carbonyl (C=O) groups is 4. The zero-order chi connectivity index (χ0) is 20.4. The van der Waals surface area contributed by atoms with E-state index in [-0.39, 0.29) is 30.2 Å². The van der Waals surface area contributed by atoms with Crippen molar-refractivity contribution in [2.75, 3.05) is 13.1 Å². The maximum absolute atomic E-state index is 12.7. The second kappa shape index (κ2) is 8.35. The molecule has 1 aromatic rings. The fourth-order valence-corrected chi connectivity index (χ4v) is 4.57. The molecule has 2 heterocycles. The van der Waals surface area contributed by atoms with Crippen molar-refractivity contribution in [3.05, 3.63) is 35.9 Å². The summed E-state index contributed by atoms with van der Waals surface area (Å²) in [7, 11) is 0. The highest BCUT2D eigenvalue weighted by Gasteiger charge is 2.41. The quantitative estimate of drug-likeness (QED) is 0.733. The summed E-state index contributed by atoms with van der Waals surface area (Å²) in [4.78, 5) is 53.1. The van der Waals surface area contributed by atoms with Crippen LogP contribution < -0.4 is 5.32 Å². The third kappa shape index (κ3) is 4.18. The van der Waals surface area contributed by atoms with Gasteiger partial charge in [-0.2, -0.15) is 0 Å². The first kappa shape index (κ1) is 19.6. The smallest absolute Gasteiger partial charge is 0.289 e. The Morgan fingerprint density at radius 2 is 1.69 bits per heavy atom. The Balaban J connectivity index is 1.29. The molecule has 7 nitrogen and oxygen atoms in total. The molecule has 1 atom stereocenters. The largest absolute Gasteiger partial charge is 0.343 e. The van der Waals surface area contributed by atoms with E-state index in [4.69, 9.17) is 0 Å². The van der Waals surface area contributed by atoms with Crippen molar-refractivity contribution < 1.29 is 19.2 Å². The van der Waals surface area contributed by atoms with Crippen LogP contribution in [0.1, 0.15) is 44.1 Å². The predicted molar refractivity (Wildman–Crippen MR) is 105 cm³/mol. The standard InChI is InChI=1S/C22H27N3O4/c26-19-11-10-18(25(19)12-15-6-2-1-3-7-15)20(27)21(28)23-17-13-24(14-17)22(29)16-8-4-5-9-16/h1-3,6-7,16-18H,4-5,8-14H2,(H,23,28)/t18-/m1/s1. The van der Waals surface area contributed by atoms with Gasteiger partial charge in [0.25, 0.3) is 5.91 Å². The summed E-state index contributed by atoms with van der Waals surface area (Å²) >= 11 is 0. The highest BCUT2D eigenvalue weighted by atomic mass is 16.2. The molecule has 4 rings (SSSR count). The normalized spacial score (nSPS) is 22.6. The lowest BCUT2D eigenvalue weighted by molar-refractivity contribution is -0.146. The van der Waals surface area contributed by atoms with Gasteiger partial charge in [0.2, 0.25) is 17.6 Å². The van der Waals surface area contributed by atoms with E-state index in [1.807, 2.05) is 30.3 Å². The number of nitrogens with one attached hydrogen (secondary N) is 1. The van der Waals surface area contributed by atoms with Gasteiger partial charge in [0.05, 0.1) is 6.04 Å². The van der Waals surface area contributed by atoms with E-state index < -0.39 is 17.7 Å². The van der Waals surface area contributed by atoms with Crippen molar-refractivity contribution in [1.29, 1.82) is 0 Å². The minimum absolute atomic E-state index is 0.100. The predicted octanol–water partition coefficient (Wildman–Crippen LogP) is 1.26. The number of rotatable bonds is 6. The molecule has 0 aromatic heterocycles.